The Morgan fingerprint density at radius 1 is 1.45 bits per heavy atom. The molecule has 0 aliphatic heterocycles. The van der Waals surface area contributed by atoms with Crippen molar-refractivity contribution in [2.75, 3.05) is 0 Å². The molecule has 2 atom stereocenters. The molecule has 20 heavy (non-hydrogen) atoms. The number of carboxylic acid groups (broad SMARTS) is 1. The number of hydrogen-bond donors (Lipinski definition) is 1. The minimum atomic E-state index is -1.24. The van der Waals surface area contributed by atoms with Gasteiger partial charge in [0.15, 0.2) is 0 Å². The SMILES string of the molecule is CCC1CCCC(OCc2cccc(C(=O)O)c2F)C1. The first-order chi connectivity index (χ1) is 9.61. The molecule has 4 heteroatoms. The molecule has 1 aliphatic rings. The normalized spacial score (nSPS) is 22.7. The van der Waals surface area contributed by atoms with Gasteiger partial charge in [0, 0.05) is 5.56 Å². The van der Waals surface area contributed by atoms with Crippen molar-refractivity contribution in [2.45, 2.75) is 51.7 Å². The molecule has 2 rings (SSSR count). The molecule has 0 bridgehead atoms. The van der Waals surface area contributed by atoms with E-state index in [0.29, 0.717) is 11.5 Å². The maximum absolute atomic E-state index is 14.0. The molecule has 3 nitrogen and oxygen atoms in total. The summed E-state index contributed by atoms with van der Waals surface area (Å²) in [6, 6.07) is 4.41. The van der Waals surface area contributed by atoms with E-state index in [-0.39, 0.29) is 18.3 Å². The Morgan fingerprint density at radius 3 is 2.95 bits per heavy atom. The number of rotatable bonds is 5. The molecule has 1 aliphatic carbocycles. The van der Waals surface area contributed by atoms with Gasteiger partial charge < -0.3 is 9.84 Å². The van der Waals surface area contributed by atoms with Crippen molar-refractivity contribution in [3.8, 4) is 0 Å². The zero-order valence-electron chi connectivity index (χ0n) is 11.8. The van der Waals surface area contributed by atoms with Crippen molar-refractivity contribution < 1.29 is 19.0 Å². The van der Waals surface area contributed by atoms with Crippen LogP contribution in [0.2, 0.25) is 0 Å². The highest BCUT2D eigenvalue weighted by atomic mass is 19.1. The maximum Gasteiger partial charge on any atom is 0.338 e. The first kappa shape index (κ1) is 15.0. The van der Waals surface area contributed by atoms with Gasteiger partial charge in [-0.25, -0.2) is 9.18 Å². The largest absolute Gasteiger partial charge is 0.478 e. The van der Waals surface area contributed by atoms with Crippen molar-refractivity contribution in [1.29, 1.82) is 0 Å². The molecule has 1 aromatic carbocycles. The third-order valence-electron chi connectivity index (χ3n) is 4.10. The zero-order chi connectivity index (χ0) is 14.5. The van der Waals surface area contributed by atoms with Crippen LogP contribution >= 0.6 is 0 Å². The Balaban J connectivity index is 1.97. The van der Waals surface area contributed by atoms with E-state index >= 15 is 0 Å². The van der Waals surface area contributed by atoms with Crippen molar-refractivity contribution in [2.24, 2.45) is 5.92 Å². The molecule has 1 fully saturated rings. The van der Waals surface area contributed by atoms with Gasteiger partial charge in [0.05, 0.1) is 18.3 Å². The van der Waals surface area contributed by atoms with Crippen LogP contribution < -0.4 is 0 Å². The molecule has 2 unspecified atom stereocenters. The third-order valence-corrected chi connectivity index (χ3v) is 4.10. The van der Waals surface area contributed by atoms with Crippen LogP contribution in [0.5, 0.6) is 0 Å². The minimum absolute atomic E-state index is 0.147. The average Bonchev–Trinajstić information content (AvgIpc) is 2.46. The zero-order valence-corrected chi connectivity index (χ0v) is 11.8. The minimum Gasteiger partial charge on any atom is -0.478 e. The first-order valence-corrected chi connectivity index (χ1v) is 7.24. The topological polar surface area (TPSA) is 46.5 Å². The molecule has 0 aromatic heterocycles. The maximum atomic E-state index is 14.0. The number of ether oxygens (including phenoxy) is 1. The summed E-state index contributed by atoms with van der Waals surface area (Å²) in [5.74, 6) is -1.22. The van der Waals surface area contributed by atoms with Gasteiger partial charge in [0.25, 0.3) is 0 Å². The number of aromatic carboxylic acids is 1. The van der Waals surface area contributed by atoms with Gasteiger partial charge >= 0.3 is 5.97 Å². The lowest BCUT2D eigenvalue weighted by Crippen LogP contribution is -2.22. The Morgan fingerprint density at radius 2 is 2.25 bits per heavy atom. The lowest BCUT2D eigenvalue weighted by atomic mass is 9.85. The van der Waals surface area contributed by atoms with Gasteiger partial charge in [0.2, 0.25) is 0 Å². The molecule has 0 saturated heterocycles. The second kappa shape index (κ2) is 6.84. The summed E-state index contributed by atoms with van der Waals surface area (Å²) >= 11 is 0. The highest BCUT2D eigenvalue weighted by Gasteiger charge is 2.22. The van der Waals surface area contributed by atoms with Crippen LogP contribution in [0, 0.1) is 11.7 Å². The fourth-order valence-electron chi connectivity index (χ4n) is 2.83. The summed E-state index contributed by atoms with van der Waals surface area (Å²) < 4.78 is 19.7. The van der Waals surface area contributed by atoms with Crippen molar-refractivity contribution in [1.82, 2.24) is 0 Å². The van der Waals surface area contributed by atoms with E-state index in [2.05, 4.69) is 6.92 Å². The number of carbonyl (C=O) groups is 1. The second-order valence-corrected chi connectivity index (χ2v) is 5.46. The van der Waals surface area contributed by atoms with Gasteiger partial charge in [-0.2, -0.15) is 0 Å². The fourth-order valence-corrected chi connectivity index (χ4v) is 2.83. The molecule has 1 aromatic rings. The monoisotopic (exact) mass is 280 g/mol. The van der Waals surface area contributed by atoms with Crippen LogP contribution in [0.25, 0.3) is 0 Å². The van der Waals surface area contributed by atoms with Gasteiger partial charge in [0.1, 0.15) is 5.82 Å². The van der Waals surface area contributed by atoms with E-state index in [4.69, 9.17) is 9.84 Å². The third kappa shape index (κ3) is 3.57. The quantitative estimate of drug-likeness (QED) is 0.886. The van der Waals surface area contributed by atoms with Crippen molar-refractivity contribution >= 4 is 5.97 Å². The highest BCUT2D eigenvalue weighted by molar-refractivity contribution is 5.88. The van der Waals surface area contributed by atoms with Crippen LogP contribution in [0.15, 0.2) is 18.2 Å². The van der Waals surface area contributed by atoms with Gasteiger partial charge in [-0.15, -0.1) is 0 Å². The second-order valence-electron chi connectivity index (χ2n) is 5.46. The Bertz CT molecular complexity index is 473. The van der Waals surface area contributed by atoms with Gasteiger partial charge in [-0.3, -0.25) is 0 Å². The Kier molecular flexibility index (Phi) is 5.12. The molecular weight excluding hydrogens is 259 g/mol. The summed E-state index contributed by atoms with van der Waals surface area (Å²) in [5.41, 5.74) is 0.0321. The van der Waals surface area contributed by atoms with E-state index in [9.17, 15) is 9.18 Å². The summed E-state index contributed by atoms with van der Waals surface area (Å²) in [6.07, 6.45) is 5.76. The summed E-state index contributed by atoms with van der Waals surface area (Å²) in [6.45, 7) is 2.33. The molecule has 0 spiro atoms. The number of halogens is 1. The predicted molar refractivity (Wildman–Crippen MR) is 74.2 cm³/mol. The fraction of sp³-hybridized carbons (Fsp3) is 0.562. The van der Waals surface area contributed by atoms with Gasteiger partial charge in [-0.1, -0.05) is 38.3 Å². The van der Waals surface area contributed by atoms with Crippen LogP contribution in [-0.4, -0.2) is 17.2 Å². The molecule has 1 saturated carbocycles. The van der Waals surface area contributed by atoms with Gasteiger partial charge in [-0.05, 0) is 24.8 Å². The van der Waals surface area contributed by atoms with Crippen LogP contribution in [0.4, 0.5) is 4.39 Å². The molecular formula is C16H21FO3. The van der Waals surface area contributed by atoms with Crippen LogP contribution in [0.3, 0.4) is 0 Å². The van der Waals surface area contributed by atoms with E-state index in [1.165, 1.54) is 12.5 Å². The Hall–Kier alpha value is -1.42. The number of benzene rings is 1. The molecule has 0 heterocycles. The van der Waals surface area contributed by atoms with Crippen LogP contribution in [-0.2, 0) is 11.3 Å². The number of hydrogen-bond acceptors (Lipinski definition) is 2. The van der Waals surface area contributed by atoms with E-state index in [1.54, 1.807) is 12.1 Å². The van der Waals surface area contributed by atoms with E-state index < -0.39 is 11.8 Å². The molecule has 1 N–H and O–H groups in total. The summed E-state index contributed by atoms with van der Waals surface area (Å²) in [4.78, 5) is 10.9. The first-order valence-electron chi connectivity index (χ1n) is 7.24. The Labute approximate surface area is 118 Å². The smallest absolute Gasteiger partial charge is 0.338 e. The number of carboxylic acids is 1. The van der Waals surface area contributed by atoms with E-state index in [1.807, 2.05) is 0 Å². The molecule has 110 valence electrons. The lowest BCUT2D eigenvalue weighted by Gasteiger charge is -2.28. The summed E-state index contributed by atoms with van der Waals surface area (Å²) in [7, 11) is 0. The van der Waals surface area contributed by atoms with Crippen molar-refractivity contribution in [3.05, 3.63) is 35.1 Å². The van der Waals surface area contributed by atoms with E-state index in [0.717, 1.165) is 25.7 Å². The highest BCUT2D eigenvalue weighted by Crippen LogP contribution is 2.29. The predicted octanol–water partition coefficient (Wildman–Crippen LogP) is 4.01. The van der Waals surface area contributed by atoms with Crippen molar-refractivity contribution in [3.63, 3.8) is 0 Å². The molecule has 0 amide bonds. The van der Waals surface area contributed by atoms with Crippen LogP contribution in [0.1, 0.15) is 54.9 Å². The standard InChI is InChI=1S/C16H21FO3/c1-2-11-5-3-7-13(9-11)20-10-12-6-4-8-14(15(12)17)16(18)19/h4,6,8,11,13H,2-3,5,7,9-10H2,1H3,(H,18,19). The summed E-state index contributed by atoms with van der Waals surface area (Å²) in [5, 5.41) is 8.89. The lowest BCUT2D eigenvalue weighted by molar-refractivity contribution is 0.000610. The average molecular weight is 280 g/mol. The molecule has 0 radical (unpaired) electrons.